The number of halogens is 5. The van der Waals surface area contributed by atoms with E-state index in [9.17, 15) is 37.1 Å². The van der Waals surface area contributed by atoms with Crippen LogP contribution < -0.4 is 23.7 Å². The zero-order valence-corrected chi connectivity index (χ0v) is 66.0. The van der Waals surface area contributed by atoms with Gasteiger partial charge in [-0.25, -0.2) is 62.1 Å². The lowest BCUT2D eigenvalue weighted by atomic mass is 10.1. The molecular weight excluding hydrogens is 1620 g/mol. The highest BCUT2D eigenvalue weighted by Crippen LogP contribution is 2.51. The Morgan fingerprint density at radius 2 is 0.525 bits per heavy atom. The highest BCUT2D eigenvalue weighted by Gasteiger charge is 2.49. The number of carboxylic acids is 5. The molecule has 0 amide bonds. The summed E-state index contributed by atoms with van der Waals surface area (Å²) in [6.07, 6.45) is 17.3. The standard InChI is InChI=1S/C18H14ClN3O3.C18H14FN3O3.C17H14ClN3O3.2C17H14FN3O3/c2*19-14-3-1-13(2-4-14)18(7-8-18)25-16-6-10-21-22(16)15-11-12(17(23)24)5-9-20-15;3*1-11(12-2-4-14(18)5-3-12)24-16-7-9-20-21(16)15-10-13(17(22)23)6-8-19-15/h2*1-6,9-11H,7-8H2,(H,23,24);3*2-11H,1H3,(H,22,23)/t;;3*11-/m..110/s1. The van der Waals surface area contributed by atoms with E-state index in [0.717, 1.165) is 53.5 Å². The molecule has 17 rings (SSSR count). The van der Waals surface area contributed by atoms with Crippen molar-refractivity contribution < 1.29 is 86.4 Å². The summed E-state index contributed by atoms with van der Waals surface area (Å²) in [5.74, 6) is -2.06. The summed E-state index contributed by atoms with van der Waals surface area (Å²) < 4.78 is 76.4. The molecule has 2 fully saturated rings. The minimum atomic E-state index is -1.05. The van der Waals surface area contributed by atoms with E-state index in [1.54, 1.807) is 97.5 Å². The van der Waals surface area contributed by atoms with Crippen molar-refractivity contribution in [3.8, 4) is 58.5 Å². The number of nitrogens with zero attached hydrogens (tertiary/aromatic N) is 15. The Morgan fingerprint density at radius 3 is 0.770 bits per heavy atom. The Morgan fingerprint density at radius 1 is 0.311 bits per heavy atom. The van der Waals surface area contributed by atoms with Crippen molar-refractivity contribution in [2.75, 3.05) is 0 Å². The van der Waals surface area contributed by atoms with Crippen molar-refractivity contribution in [3.05, 3.63) is 357 Å². The average Bonchev–Trinajstić information content (AvgIpc) is 1.61. The quantitative estimate of drug-likeness (QED) is 0.0355. The molecule has 10 aromatic heterocycles. The summed E-state index contributed by atoms with van der Waals surface area (Å²) in [7, 11) is 0. The molecule has 0 spiro atoms. The van der Waals surface area contributed by atoms with Crippen molar-refractivity contribution in [1.82, 2.24) is 73.8 Å². The van der Waals surface area contributed by atoms with Crippen LogP contribution in [0.5, 0.6) is 29.4 Å². The SMILES string of the molecule is C[C@@H](Oc1ccnn1-c1cc(C(=O)O)ccn1)c1ccc(Cl)cc1.C[C@@H](Oc1ccnn1-c1cc(C(=O)O)ccn1)c1ccc(F)cc1.C[C@H](Oc1ccnn1-c1cc(C(=O)O)ccn1)c1ccc(F)cc1.O=C(O)c1ccnc(-n2nccc2OC2(c3ccc(Cl)cc3)CC2)c1.O=C(O)c1ccnc(-n2nccc2OC2(c3ccc(F)cc3)CC2)c1. The number of pyridine rings is 5. The second kappa shape index (κ2) is 37.9. The van der Waals surface area contributed by atoms with Crippen molar-refractivity contribution in [1.29, 1.82) is 0 Å². The number of aromatic nitrogens is 15. The maximum atomic E-state index is 13.1. The van der Waals surface area contributed by atoms with Gasteiger partial charge in [0.25, 0.3) is 0 Å². The van der Waals surface area contributed by atoms with Gasteiger partial charge in [0.05, 0.1) is 58.8 Å². The van der Waals surface area contributed by atoms with Gasteiger partial charge in [0.15, 0.2) is 29.1 Å². The number of hydrogen-bond acceptors (Lipinski definition) is 20. The van der Waals surface area contributed by atoms with Crippen LogP contribution in [0.25, 0.3) is 29.1 Å². The molecule has 5 aromatic carbocycles. The van der Waals surface area contributed by atoms with Gasteiger partial charge >= 0.3 is 29.8 Å². The second-order valence-corrected chi connectivity index (χ2v) is 28.0. The number of rotatable bonds is 25. The average molecular weight is 1690 g/mol. The molecule has 5 N–H and O–H groups in total. The summed E-state index contributed by atoms with van der Waals surface area (Å²) in [5.41, 5.74) is 4.21. The first kappa shape index (κ1) is 84.5. The molecule has 0 unspecified atom stereocenters. The Labute approximate surface area is 701 Å². The summed E-state index contributed by atoms with van der Waals surface area (Å²) in [6.45, 7) is 5.55. The third-order valence-corrected chi connectivity index (χ3v) is 19.3. The van der Waals surface area contributed by atoms with Crippen LogP contribution in [0, 0.1) is 17.5 Å². The lowest BCUT2D eigenvalue weighted by Gasteiger charge is -2.19. The number of benzene rings is 5. The molecule has 0 bridgehead atoms. The fraction of sp³-hybridized carbons (Fsp3) is 0.138. The lowest BCUT2D eigenvalue weighted by Crippen LogP contribution is -2.18. The van der Waals surface area contributed by atoms with E-state index in [4.69, 9.17) is 72.4 Å². The predicted molar refractivity (Wildman–Crippen MR) is 434 cm³/mol. The molecule has 15 aromatic rings. The molecule has 10 heterocycles. The van der Waals surface area contributed by atoms with Crippen LogP contribution in [-0.4, -0.2) is 129 Å². The molecule has 0 aliphatic heterocycles. The Kier molecular flexibility index (Phi) is 26.3. The Hall–Kier alpha value is -15.4. The molecule has 618 valence electrons. The number of hydrogen-bond donors (Lipinski definition) is 5. The molecule has 2 aliphatic carbocycles. The van der Waals surface area contributed by atoms with Crippen molar-refractivity contribution in [2.45, 2.75) is 76.0 Å². The molecule has 3 atom stereocenters. The van der Waals surface area contributed by atoms with Crippen LogP contribution >= 0.6 is 23.2 Å². The summed E-state index contributed by atoms with van der Waals surface area (Å²) in [4.78, 5) is 76.3. The third kappa shape index (κ3) is 21.1. The summed E-state index contributed by atoms with van der Waals surface area (Å²) >= 11 is 11.9. The number of carbonyl (C=O) groups is 5. The molecule has 2 saturated carbocycles. The Bertz CT molecular complexity index is 5690. The van der Waals surface area contributed by atoms with E-state index in [1.165, 1.54) is 164 Å². The smallest absolute Gasteiger partial charge is 0.335 e. The highest BCUT2D eigenvalue weighted by molar-refractivity contribution is 6.30. The molecule has 35 heteroatoms. The second-order valence-electron chi connectivity index (χ2n) is 27.1. The van der Waals surface area contributed by atoms with Gasteiger partial charge in [-0.05, 0) is 196 Å². The van der Waals surface area contributed by atoms with E-state index >= 15 is 0 Å². The summed E-state index contributed by atoms with van der Waals surface area (Å²) in [5, 5.41) is 67.7. The molecule has 30 nitrogen and oxygen atoms in total. The third-order valence-electron chi connectivity index (χ3n) is 18.7. The van der Waals surface area contributed by atoms with E-state index in [0.29, 0.717) is 68.5 Å². The lowest BCUT2D eigenvalue weighted by molar-refractivity contribution is 0.0686. The van der Waals surface area contributed by atoms with Gasteiger partial charge in [-0.3, -0.25) is 0 Å². The Balaban J connectivity index is 0.000000131. The topological polar surface area (TPSA) is 386 Å². The normalized spacial score (nSPS) is 13.1. The maximum Gasteiger partial charge on any atom is 0.335 e. The predicted octanol–water partition coefficient (Wildman–Crippen LogP) is 17.1. The van der Waals surface area contributed by atoms with Crippen LogP contribution in [-0.2, 0) is 11.2 Å². The van der Waals surface area contributed by atoms with Crippen molar-refractivity contribution >= 4 is 53.0 Å². The fourth-order valence-electron chi connectivity index (χ4n) is 12.1. The van der Waals surface area contributed by atoms with Crippen LogP contribution in [0.2, 0.25) is 10.0 Å². The van der Waals surface area contributed by atoms with Crippen molar-refractivity contribution in [2.24, 2.45) is 0 Å². The molecule has 0 radical (unpaired) electrons. The largest absolute Gasteiger partial charge is 0.478 e. The van der Waals surface area contributed by atoms with Crippen LogP contribution in [0.3, 0.4) is 0 Å². The molecular formula is C87H70Cl2F3N15O15. The van der Waals surface area contributed by atoms with E-state index in [-0.39, 0.29) is 63.6 Å². The highest BCUT2D eigenvalue weighted by atomic mass is 35.5. The van der Waals surface area contributed by atoms with Gasteiger partial charge in [-0.1, -0.05) is 83.9 Å². The number of carboxylic acid groups (broad SMARTS) is 5. The molecule has 2 aliphatic rings. The first-order valence-corrected chi connectivity index (χ1v) is 37.9. The van der Waals surface area contributed by atoms with Gasteiger partial charge in [0.1, 0.15) is 47.0 Å². The van der Waals surface area contributed by atoms with Crippen LogP contribution in [0.1, 0.15) is 144 Å². The molecule has 122 heavy (non-hydrogen) atoms. The fourth-order valence-corrected chi connectivity index (χ4v) is 12.3. The van der Waals surface area contributed by atoms with Gasteiger partial charge in [0.2, 0.25) is 29.4 Å². The number of ether oxygens (including phenoxy) is 5. The molecule has 0 saturated heterocycles. The zero-order valence-electron chi connectivity index (χ0n) is 64.5. The maximum absolute atomic E-state index is 13.1. The van der Waals surface area contributed by atoms with Gasteiger partial charge in [-0.2, -0.15) is 48.9 Å². The van der Waals surface area contributed by atoms with Gasteiger partial charge in [0, 0.05) is 71.4 Å². The van der Waals surface area contributed by atoms with E-state index in [1.807, 2.05) is 57.2 Å². The first-order chi connectivity index (χ1) is 58.8. The number of aromatic carboxylic acids is 5. The van der Waals surface area contributed by atoms with Crippen LogP contribution in [0.15, 0.2) is 274 Å². The van der Waals surface area contributed by atoms with Crippen molar-refractivity contribution in [3.63, 3.8) is 0 Å². The minimum absolute atomic E-state index is 0.105. The first-order valence-electron chi connectivity index (χ1n) is 37.1. The minimum Gasteiger partial charge on any atom is -0.478 e. The monoisotopic (exact) mass is 1690 g/mol. The van der Waals surface area contributed by atoms with E-state index in [2.05, 4.69) is 50.4 Å². The van der Waals surface area contributed by atoms with Gasteiger partial charge < -0.3 is 49.2 Å². The van der Waals surface area contributed by atoms with Crippen LogP contribution in [0.4, 0.5) is 13.2 Å². The van der Waals surface area contributed by atoms with E-state index < -0.39 is 41.0 Å². The zero-order chi connectivity index (χ0) is 86.2. The van der Waals surface area contributed by atoms with Gasteiger partial charge in [-0.15, -0.1) is 0 Å². The summed E-state index contributed by atoms with van der Waals surface area (Å²) in [6, 6.07) is 55.9.